The number of anilines is 1. The van der Waals surface area contributed by atoms with Crippen LogP contribution in [0.15, 0.2) is 66.7 Å². The highest BCUT2D eigenvalue weighted by Gasteiger charge is 2.36. The summed E-state index contributed by atoms with van der Waals surface area (Å²) in [6.45, 7) is 13.3. The molecule has 0 fully saturated rings. The first-order chi connectivity index (χ1) is 18.4. The van der Waals surface area contributed by atoms with Gasteiger partial charge in [0.05, 0.1) is 0 Å². The Hall–Kier alpha value is -3.87. The molecule has 0 aromatic heterocycles. The van der Waals surface area contributed by atoms with E-state index < -0.39 is 23.8 Å². The fourth-order valence-corrected chi connectivity index (χ4v) is 4.63. The summed E-state index contributed by atoms with van der Waals surface area (Å²) in [6, 6.07) is 19.5. The Morgan fingerprint density at radius 3 is 2.18 bits per heavy atom. The zero-order chi connectivity index (χ0) is 28.7. The third kappa shape index (κ3) is 8.06. The lowest BCUT2D eigenvalue weighted by molar-refractivity contribution is -0.140. The number of hydrogen-bond donors (Lipinski definition) is 2. The van der Waals surface area contributed by atoms with Gasteiger partial charge in [0.1, 0.15) is 17.7 Å². The highest BCUT2D eigenvalue weighted by atomic mass is 16.6. The van der Waals surface area contributed by atoms with E-state index in [0.717, 1.165) is 21.9 Å². The predicted octanol–water partition coefficient (Wildman–Crippen LogP) is 6.62. The Balaban J connectivity index is 1.97. The number of rotatable bonds is 9. The maximum Gasteiger partial charge on any atom is 0.408 e. The lowest BCUT2D eigenvalue weighted by Gasteiger charge is -2.34. The molecular weight excluding hydrogens is 490 g/mol. The average Bonchev–Trinajstić information content (AvgIpc) is 2.85. The van der Waals surface area contributed by atoms with Crippen molar-refractivity contribution in [3.63, 3.8) is 0 Å². The molecule has 0 saturated heterocycles. The van der Waals surface area contributed by atoms with Gasteiger partial charge in [-0.05, 0) is 81.0 Å². The number of benzene rings is 3. The van der Waals surface area contributed by atoms with Gasteiger partial charge in [0.2, 0.25) is 5.91 Å². The van der Waals surface area contributed by atoms with Gasteiger partial charge in [0.25, 0.3) is 5.91 Å². The molecule has 0 heterocycles. The zero-order valence-corrected chi connectivity index (χ0v) is 24.1. The van der Waals surface area contributed by atoms with Gasteiger partial charge in [0, 0.05) is 12.2 Å². The molecule has 0 radical (unpaired) electrons. The smallest absolute Gasteiger partial charge is 0.408 e. The number of carbonyl (C=O) groups excluding carboxylic acids is 3. The Labute approximate surface area is 231 Å². The Kier molecular flexibility index (Phi) is 9.73. The number of likely N-dealkylation sites (N-methyl/N-ethyl adjacent to an activating group) is 1. The monoisotopic (exact) mass is 531 g/mol. The van der Waals surface area contributed by atoms with Crippen molar-refractivity contribution in [1.29, 1.82) is 0 Å². The van der Waals surface area contributed by atoms with Gasteiger partial charge < -0.3 is 20.3 Å². The molecule has 3 rings (SSSR count). The molecule has 39 heavy (non-hydrogen) atoms. The summed E-state index contributed by atoms with van der Waals surface area (Å²) < 4.78 is 5.44. The van der Waals surface area contributed by atoms with Gasteiger partial charge in [0.15, 0.2) is 0 Å². The molecule has 2 atom stereocenters. The van der Waals surface area contributed by atoms with Crippen LogP contribution in [0.25, 0.3) is 10.8 Å². The second-order valence-electron chi connectivity index (χ2n) is 11.3. The largest absolute Gasteiger partial charge is 0.444 e. The lowest BCUT2D eigenvalue weighted by atomic mass is 9.96. The van der Waals surface area contributed by atoms with E-state index in [9.17, 15) is 14.4 Å². The number of fused-ring (bicyclic) bond motifs is 1. The van der Waals surface area contributed by atoms with E-state index >= 15 is 0 Å². The summed E-state index contributed by atoms with van der Waals surface area (Å²) in [6.07, 6.45) is -0.257. The molecular formula is C32H41N3O4. The van der Waals surface area contributed by atoms with Crippen molar-refractivity contribution < 1.29 is 19.1 Å². The van der Waals surface area contributed by atoms with Crippen LogP contribution in [0.2, 0.25) is 0 Å². The number of nitrogens with zero attached hydrogens (tertiary/aromatic N) is 1. The second kappa shape index (κ2) is 12.8. The van der Waals surface area contributed by atoms with Crippen LogP contribution in [0.1, 0.15) is 65.1 Å². The summed E-state index contributed by atoms with van der Waals surface area (Å²) in [5, 5.41) is 7.88. The van der Waals surface area contributed by atoms with E-state index in [2.05, 4.69) is 10.6 Å². The van der Waals surface area contributed by atoms with E-state index in [1.165, 1.54) is 0 Å². The summed E-state index contributed by atoms with van der Waals surface area (Å²) in [5.74, 6) is -0.537. The normalized spacial score (nSPS) is 13.0. The maximum atomic E-state index is 14.0. The summed E-state index contributed by atoms with van der Waals surface area (Å²) in [4.78, 5) is 42.2. The van der Waals surface area contributed by atoms with Gasteiger partial charge in [-0.2, -0.15) is 0 Å². The molecule has 2 unspecified atom stereocenters. The highest BCUT2D eigenvalue weighted by molar-refractivity contribution is 6.00. The van der Waals surface area contributed by atoms with Crippen molar-refractivity contribution in [3.05, 3.63) is 77.9 Å². The first-order valence-corrected chi connectivity index (χ1v) is 13.5. The van der Waals surface area contributed by atoms with Crippen molar-refractivity contribution in [2.75, 3.05) is 11.9 Å². The topological polar surface area (TPSA) is 87.7 Å². The molecule has 0 aliphatic carbocycles. The minimum Gasteiger partial charge on any atom is -0.444 e. The third-order valence-corrected chi connectivity index (χ3v) is 6.38. The van der Waals surface area contributed by atoms with Crippen molar-refractivity contribution in [3.8, 4) is 0 Å². The SMILES string of the molecule is CCN(C(=O)C(CC(C)C)NC(=O)OC(C)(C)C)C(C(=O)Nc1ccc2ccccc2c1)c1ccccc1C. The molecule has 3 amide bonds. The van der Waals surface area contributed by atoms with Crippen LogP contribution < -0.4 is 10.6 Å². The van der Waals surface area contributed by atoms with Crippen LogP contribution in [0.3, 0.4) is 0 Å². The highest BCUT2D eigenvalue weighted by Crippen LogP contribution is 2.28. The van der Waals surface area contributed by atoms with Crippen LogP contribution in [0, 0.1) is 12.8 Å². The molecule has 3 aromatic carbocycles. The molecule has 3 aromatic rings. The number of nitrogens with one attached hydrogen (secondary N) is 2. The standard InChI is InChI=1S/C32H41N3O4/c1-8-35(30(37)27(19-21(2)3)34-31(38)39-32(5,6)7)28(26-16-12-9-13-22(26)4)29(36)33-25-18-17-23-14-10-11-15-24(23)20-25/h9-18,20-21,27-28H,8,19H2,1-7H3,(H,33,36)(H,34,38). The number of alkyl carbamates (subject to hydrolysis) is 1. The zero-order valence-electron chi connectivity index (χ0n) is 24.1. The van der Waals surface area contributed by atoms with Crippen LogP contribution >= 0.6 is 0 Å². The molecule has 2 N–H and O–H groups in total. The van der Waals surface area contributed by atoms with Gasteiger partial charge in [-0.25, -0.2) is 4.79 Å². The molecule has 208 valence electrons. The Morgan fingerprint density at radius 2 is 1.56 bits per heavy atom. The van der Waals surface area contributed by atoms with Crippen molar-refractivity contribution >= 4 is 34.4 Å². The molecule has 0 aliphatic rings. The van der Waals surface area contributed by atoms with Gasteiger partial charge in [-0.3, -0.25) is 9.59 Å². The van der Waals surface area contributed by atoms with E-state index in [4.69, 9.17) is 4.74 Å². The molecule has 7 heteroatoms. The van der Waals surface area contributed by atoms with Crippen LogP contribution in [0.4, 0.5) is 10.5 Å². The van der Waals surface area contributed by atoms with Gasteiger partial charge in [-0.1, -0.05) is 68.4 Å². The Bertz CT molecular complexity index is 1310. The second-order valence-corrected chi connectivity index (χ2v) is 11.3. The summed E-state index contributed by atoms with van der Waals surface area (Å²) >= 11 is 0. The van der Waals surface area contributed by atoms with E-state index in [0.29, 0.717) is 12.1 Å². The van der Waals surface area contributed by atoms with Gasteiger partial charge in [-0.15, -0.1) is 0 Å². The van der Waals surface area contributed by atoms with Crippen molar-refractivity contribution in [2.45, 2.75) is 72.6 Å². The van der Waals surface area contributed by atoms with Crippen LogP contribution in [0.5, 0.6) is 0 Å². The van der Waals surface area contributed by atoms with Crippen LogP contribution in [-0.2, 0) is 14.3 Å². The van der Waals surface area contributed by atoms with E-state index in [-0.39, 0.29) is 24.3 Å². The first-order valence-electron chi connectivity index (χ1n) is 13.5. The van der Waals surface area contributed by atoms with Crippen molar-refractivity contribution in [1.82, 2.24) is 10.2 Å². The molecule has 7 nitrogen and oxygen atoms in total. The lowest BCUT2D eigenvalue weighted by Crippen LogP contribution is -2.52. The van der Waals surface area contributed by atoms with E-state index in [1.54, 1.807) is 25.7 Å². The first kappa shape index (κ1) is 29.7. The summed E-state index contributed by atoms with van der Waals surface area (Å²) in [7, 11) is 0. The minimum atomic E-state index is -0.898. The number of aryl methyl sites for hydroxylation is 1. The minimum absolute atomic E-state index is 0.121. The number of hydrogen-bond acceptors (Lipinski definition) is 4. The van der Waals surface area contributed by atoms with Crippen molar-refractivity contribution in [2.24, 2.45) is 5.92 Å². The third-order valence-electron chi connectivity index (χ3n) is 6.38. The molecule has 0 bridgehead atoms. The number of amides is 3. The Morgan fingerprint density at radius 1 is 0.923 bits per heavy atom. The maximum absolute atomic E-state index is 14.0. The fraction of sp³-hybridized carbons (Fsp3) is 0.406. The fourth-order valence-electron chi connectivity index (χ4n) is 4.63. The predicted molar refractivity (Wildman–Crippen MR) is 156 cm³/mol. The number of carbonyl (C=O) groups is 3. The number of ether oxygens (including phenoxy) is 1. The van der Waals surface area contributed by atoms with Crippen LogP contribution in [-0.4, -0.2) is 41.0 Å². The molecule has 0 spiro atoms. The summed E-state index contributed by atoms with van der Waals surface area (Å²) in [5.41, 5.74) is 1.56. The quantitative estimate of drug-likeness (QED) is 0.325. The van der Waals surface area contributed by atoms with Gasteiger partial charge >= 0.3 is 6.09 Å². The molecule has 0 aliphatic heterocycles. The average molecular weight is 532 g/mol. The molecule has 0 saturated carbocycles. The van der Waals surface area contributed by atoms with E-state index in [1.807, 2.05) is 94.4 Å².